The lowest BCUT2D eigenvalue weighted by Gasteiger charge is -2.17. The third-order valence-electron chi connectivity index (χ3n) is 2.92. The van der Waals surface area contributed by atoms with Gasteiger partial charge in [-0.25, -0.2) is 9.82 Å². The summed E-state index contributed by atoms with van der Waals surface area (Å²) in [5.41, 5.74) is 4.07. The molecule has 20 heavy (non-hydrogen) atoms. The highest BCUT2D eigenvalue weighted by atomic mass is 19.1. The zero-order chi connectivity index (χ0) is 14.5. The Hall–Kier alpha value is -2.18. The van der Waals surface area contributed by atoms with Crippen LogP contribution in [-0.2, 0) is 0 Å². The van der Waals surface area contributed by atoms with E-state index in [0.717, 1.165) is 11.8 Å². The molecule has 0 fully saturated rings. The van der Waals surface area contributed by atoms with Crippen LogP contribution >= 0.6 is 0 Å². The van der Waals surface area contributed by atoms with E-state index in [1.165, 1.54) is 6.07 Å². The lowest BCUT2D eigenvalue weighted by molar-refractivity contribution is 0.392. The van der Waals surface area contributed by atoms with E-state index in [0.29, 0.717) is 17.2 Å². The molecular formula is C14H16FN3O2. The smallest absolute Gasteiger partial charge is 0.141 e. The van der Waals surface area contributed by atoms with Crippen molar-refractivity contribution in [1.29, 1.82) is 0 Å². The molecule has 0 aliphatic heterocycles. The summed E-state index contributed by atoms with van der Waals surface area (Å²) < 4.78 is 23.4. The van der Waals surface area contributed by atoms with E-state index in [2.05, 4.69) is 10.4 Å². The predicted molar refractivity (Wildman–Crippen MR) is 72.9 cm³/mol. The van der Waals surface area contributed by atoms with Gasteiger partial charge < -0.3 is 9.47 Å². The van der Waals surface area contributed by atoms with Crippen LogP contribution in [0.4, 0.5) is 4.39 Å². The highest BCUT2D eigenvalue weighted by molar-refractivity contribution is 5.42. The number of pyridine rings is 1. The number of methoxy groups -OCH3 is 2. The summed E-state index contributed by atoms with van der Waals surface area (Å²) >= 11 is 0. The molecule has 0 spiro atoms. The topological polar surface area (TPSA) is 69.4 Å². The summed E-state index contributed by atoms with van der Waals surface area (Å²) in [5.74, 6) is 6.48. The number of aromatic nitrogens is 1. The lowest BCUT2D eigenvalue weighted by Crippen LogP contribution is -2.29. The van der Waals surface area contributed by atoms with Crippen LogP contribution in [0.2, 0.25) is 0 Å². The number of hydrogen-bond acceptors (Lipinski definition) is 5. The average molecular weight is 277 g/mol. The SMILES string of the molecule is COc1cc(OC)cc(C(NN)c2ccc(F)cn2)c1. The second-order valence-electron chi connectivity index (χ2n) is 4.15. The van der Waals surface area contributed by atoms with Gasteiger partial charge in [-0.1, -0.05) is 0 Å². The molecular weight excluding hydrogens is 261 g/mol. The molecule has 2 aromatic rings. The fourth-order valence-electron chi connectivity index (χ4n) is 1.91. The van der Waals surface area contributed by atoms with Gasteiger partial charge in [0.25, 0.3) is 0 Å². The molecule has 1 aromatic carbocycles. The van der Waals surface area contributed by atoms with Gasteiger partial charge in [-0.15, -0.1) is 0 Å². The van der Waals surface area contributed by atoms with Gasteiger partial charge in [-0.3, -0.25) is 10.8 Å². The first-order valence-electron chi connectivity index (χ1n) is 5.98. The molecule has 0 aliphatic rings. The Kier molecular flexibility index (Phi) is 4.49. The summed E-state index contributed by atoms with van der Waals surface area (Å²) in [6, 6.07) is 7.92. The van der Waals surface area contributed by atoms with Gasteiger partial charge in [0.15, 0.2) is 0 Å². The van der Waals surface area contributed by atoms with Gasteiger partial charge in [0.2, 0.25) is 0 Å². The van der Waals surface area contributed by atoms with Crippen LogP contribution in [0.3, 0.4) is 0 Å². The van der Waals surface area contributed by atoms with Crippen molar-refractivity contribution in [3.8, 4) is 11.5 Å². The molecule has 0 radical (unpaired) electrons. The Labute approximate surface area is 116 Å². The number of nitrogens with two attached hydrogens (primary N) is 1. The molecule has 106 valence electrons. The zero-order valence-electron chi connectivity index (χ0n) is 11.3. The van der Waals surface area contributed by atoms with E-state index in [9.17, 15) is 4.39 Å². The van der Waals surface area contributed by atoms with Crippen molar-refractivity contribution in [2.45, 2.75) is 6.04 Å². The molecule has 0 aliphatic carbocycles. The zero-order valence-corrected chi connectivity index (χ0v) is 11.3. The van der Waals surface area contributed by atoms with E-state index < -0.39 is 5.82 Å². The lowest BCUT2D eigenvalue weighted by atomic mass is 10.0. The fraction of sp³-hybridized carbons (Fsp3) is 0.214. The second kappa shape index (κ2) is 6.31. The maximum Gasteiger partial charge on any atom is 0.141 e. The minimum Gasteiger partial charge on any atom is -0.497 e. The Morgan fingerprint density at radius 3 is 2.25 bits per heavy atom. The number of ether oxygens (including phenoxy) is 2. The monoisotopic (exact) mass is 277 g/mol. The first kappa shape index (κ1) is 14.2. The van der Waals surface area contributed by atoms with Crippen molar-refractivity contribution >= 4 is 0 Å². The van der Waals surface area contributed by atoms with E-state index in [1.807, 2.05) is 12.1 Å². The number of halogens is 1. The van der Waals surface area contributed by atoms with Crippen molar-refractivity contribution < 1.29 is 13.9 Å². The molecule has 1 heterocycles. The Bertz CT molecular complexity index is 553. The summed E-state index contributed by atoms with van der Waals surface area (Å²) in [6.07, 6.45) is 1.15. The van der Waals surface area contributed by atoms with Crippen LogP contribution in [0, 0.1) is 5.82 Å². The summed E-state index contributed by atoms with van der Waals surface area (Å²) in [7, 11) is 3.14. The third kappa shape index (κ3) is 3.04. The van der Waals surface area contributed by atoms with Crippen LogP contribution < -0.4 is 20.7 Å². The second-order valence-corrected chi connectivity index (χ2v) is 4.15. The summed E-state index contributed by atoms with van der Waals surface area (Å²) in [5, 5.41) is 0. The van der Waals surface area contributed by atoms with Gasteiger partial charge >= 0.3 is 0 Å². The minimum atomic E-state index is -0.396. The quantitative estimate of drug-likeness (QED) is 0.644. The molecule has 5 nitrogen and oxygen atoms in total. The molecule has 0 saturated carbocycles. The number of nitrogens with zero attached hydrogens (tertiary/aromatic N) is 1. The number of hydrazine groups is 1. The summed E-state index contributed by atoms with van der Waals surface area (Å²) in [4.78, 5) is 4.04. The molecule has 0 amide bonds. The minimum absolute atomic E-state index is 0.389. The standard InChI is InChI=1S/C14H16FN3O2/c1-19-11-5-9(6-12(7-11)20-2)14(18-16)13-4-3-10(15)8-17-13/h3-8,14,18H,16H2,1-2H3. The largest absolute Gasteiger partial charge is 0.497 e. The van der Waals surface area contributed by atoms with Crippen LogP contribution in [0.1, 0.15) is 17.3 Å². The van der Waals surface area contributed by atoms with Gasteiger partial charge in [0, 0.05) is 6.07 Å². The first-order chi connectivity index (χ1) is 9.67. The van der Waals surface area contributed by atoms with Crippen LogP contribution in [0.5, 0.6) is 11.5 Å². The number of benzene rings is 1. The number of nitrogens with one attached hydrogen (secondary N) is 1. The number of hydrogen-bond donors (Lipinski definition) is 2. The van der Waals surface area contributed by atoms with Crippen molar-refractivity contribution in [1.82, 2.24) is 10.4 Å². The molecule has 6 heteroatoms. The molecule has 0 saturated heterocycles. The van der Waals surface area contributed by atoms with Gasteiger partial charge in [-0.05, 0) is 29.8 Å². The van der Waals surface area contributed by atoms with E-state index in [-0.39, 0.29) is 6.04 Å². The Balaban J connectivity index is 2.42. The molecule has 0 bridgehead atoms. The Morgan fingerprint density at radius 1 is 1.15 bits per heavy atom. The molecule has 3 N–H and O–H groups in total. The van der Waals surface area contributed by atoms with Gasteiger partial charge in [0.1, 0.15) is 17.3 Å². The normalized spacial score (nSPS) is 12.0. The first-order valence-corrected chi connectivity index (χ1v) is 5.98. The highest BCUT2D eigenvalue weighted by Gasteiger charge is 2.16. The third-order valence-corrected chi connectivity index (χ3v) is 2.92. The Morgan fingerprint density at radius 2 is 1.80 bits per heavy atom. The highest BCUT2D eigenvalue weighted by Crippen LogP contribution is 2.28. The van der Waals surface area contributed by atoms with Crippen LogP contribution in [0.15, 0.2) is 36.5 Å². The van der Waals surface area contributed by atoms with Crippen LogP contribution in [-0.4, -0.2) is 19.2 Å². The van der Waals surface area contributed by atoms with E-state index in [1.54, 1.807) is 26.4 Å². The van der Waals surface area contributed by atoms with E-state index in [4.69, 9.17) is 15.3 Å². The van der Waals surface area contributed by atoms with E-state index >= 15 is 0 Å². The predicted octanol–water partition coefficient (Wildman–Crippen LogP) is 1.79. The van der Waals surface area contributed by atoms with Crippen molar-refractivity contribution in [2.24, 2.45) is 5.84 Å². The maximum absolute atomic E-state index is 12.9. The van der Waals surface area contributed by atoms with Crippen molar-refractivity contribution in [3.63, 3.8) is 0 Å². The maximum atomic E-state index is 12.9. The van der Waals surface area contributed by atoms with Crippen LogP contribution in [0.25, 0.3) is 0 Å². The average Bonchev–Trinajstić information content (AvgIpc) is 2.49. The molecule has 1 aromatic heterocycles. The number of rotatable bonds is 5. The molecule has 1 atom stereocenters. The van der Waals surface area contributed by atoms with Gasteiger partial charge in [0.05, 0.1) is 32.2 Å². The van der Waals surface area contributed by atoms with Crippen molar-refractivity contribution in [3.05, 3.63) is 53.6 Å². The fourth-order valence-corrected chi connectivity index (χ4v) is 1.91. The summed E-state index contributed by atoms with van der Waals surface area (Å²) in [6.45, 7) is 0. The van der Waals surface area contributed by atoms with Gasteiger partial charge in [-0.2, -0.15) is 0 Å². The molecule has 2 rings (SSSR count). The molecule has 1 unspecified atom stereocenters. The van der Waals surface area contributed by atoms with Crippen molar-refractivity contribution in [2.75, 3.05) is 14.2 Å².